The SMILES string of the molecule is COc1ccccc1/C=C/C=N/Nc1nnc(SCc2cc(=O)c(O)co2)n1C. The summed E-state index contributed by atoms with van der Waals surface area (Å²) >= 11 is 1.34. The fraction of sp³-hybridized carbons (Fsp3) is 0.158. The Hall–Kier alpha value is -3.53. The van der Waals surface area contributed by atoms with Crippen molar-refractivity contribution in [2.45, 2.75) is 10.9 Å². The number of allylic oxidation sites excluding steroid dienone is 1. The molecule has 9 nitrogen and oxygen atoms in total. The van der Waals surface area contributed by atoms with Gasteiger partial charge < -0.3 is 14.3 Å². The van der Waals surface area contributed by atoms with Crippen LogP contribution < -0.4 is 15.6 Å². The number of hydrogen-bond donors (Lipinski definition) is 2. The number of aromatic hydroxyl groups is 1. The van der Waals surface area contributed by atoms with Crippen molar-refractivity contribution in [3.63, 3.8) is 0 Å². The Morgan fingerprint density at radius 1 is 1.38 bits per heavy atom. The standard InChI is InChI=1S/C19H19N5O4S/c1-24-18(21-20-9-5-7-13-6-3-4-8-17(13)27-2)22-23-19(24)29-12-14-10-15(25)16(26)11-28-14/h3-11,26H,12H2,1-2H3,(H,21,22)/b7-5+,20-9+. The van der Waals surface area contributed by atoms with Crippen LogP contribution in [0.1, 0.15) is 11.3 Å². The summed E-state index contributed by atoms with van der Waals surface area (Å²) in [5, 5.41) is 22.0. The van der Waals surface area contributed by atoms with Crippen LogP contribution in [0, 0.1) is 0 Å². The zero-order chi connectivity index (χ0) is 20.6. The van der Waals surface area contributed by atoms with E-state index in [-0.39, 0.29) is 0 Å². The summed E-state index contributed by atoms with van der Waals surface area (Å²) < 4.78 is 12.2. The van der Waals surface area contributed by atoms with E-state index in [0.717, 1.165) is 17.6 Å². The Morgan fingerprint density at radius 3 is 3.00 bits per heavy atom. The minimum atomic E-state index is -0.484. The topological polar surface area (TPSA) is 115 Å². The van der Waals surface area contributed by atoms with Crippen molar-refractivity contribution in [2.75, 3.05) is 12.5 Å². The smallest absolute Gasteiger partial charge is 0.245 e. The number of aromatic nitrogens is 3. The number of para-hydroxylation sites is 1. The van der Waals surface area contributed by atoms with E-state index in [0.29, 0.717) is 22.6 Å². The predicted molar refractivity (Wildman–Crippen MR) is 111 cm³/mol. The van der Waals surface area contributed by atoms with Crippen molar-refractivity contribution in [3.05, 3.63) is 64.2 Å². The predicted octanol–water partition coefficient (Wildman–Crippen LogP) is 2.89. The molecule has 0 saturated carbocycles. The molecule has 0 spiro atoms. The fourth-order valence-corrected chi connectivity index (χ4v) is 3.08. The van der Waals surface area contributed by atoms with E-state index < -0.39 is 11.2 Å². The van der Waals surface area contributed by atoms with Gasteiger partial charge in [-0.2, -0.15) is 5.10 Å². The largest absolute Gasteiger partial charge is 0.502 e. The molecule has 2 heterocycles. The number of nitrogens with one attached hydrogen (secondary N) is 1. The number of hydrazone groups is 1. The normalized spacial score (nSPS) is 11.4. The second-order valence-corrected chi connectivity index (χ2v) is 6.68. The minimum Gasteiger partial charge on any atom is -0.502 e. The summed E-state index contributed by atoms with van der Waals surface area (Å²) in [6, 6.07) is 8.91. The summed E-state index contributed by atoms with van der Waals surface area (Å²) in [6.07, 6.45) is 6.28. The van der Waals surface area contributed by atoms with E-state index in [2.05, 4.69) is 20.7 Å². The number of nitrogens with zero attached hydrogens (tertiary/aromatic N) is 4. The van der Waals surface area contributed by atoms with Crippen LogP contribution in [-0.2, 0) is 12.8 Å². The Bertz CT molecular complexity index is 1090. The molecule has 0 aliphatic carbocycles. The molecule has 10 heteroatoms. The van der Waals surface area contributed by atoms with Crippen LogP contribution in [-0.4, -0.2) is 33.2 Å². The van der Waals surface area contributed by atoms with Gasteiger partial charge in [-0.3, -0.25) is 9.36 Å². The van der Waals surface area contributed by atoms with Crippen molar-refractivity contribution in [1.82, 2.24) is 14.8 Å². The lowest BCUT2D eigenvalue weighted by molar-refractivity contribution is 0.414. The third-order valence-corrected chi connectivity index (χ3v) is 4.83. The first-order valence-corrected chi connectivity index (χ1v) is 9.48. The van der Waals surface area contributed by atoms with E-state index in [1.165, 1.54) is 17.8 Å². The van der Waals surface area contributed by atoms with Gasteiger partial charge in [-0.05, 0) is 18.2 Å². The molecule has 0 radical (unpaired) electrons. The van der Waals surface area contributed by atoms with Gasteiger partial charge in [-0.1, -0.05) is 30.0 Å². The van der Waals surface area contributed by atoms with Gasteiger partial charge in [0.1, 0.15) is 17.8 Å². The van der Waals surface area contributed by atoms with Gasteiger partial charge in [0.2, 0.25) is 11.4 Å². The molecule has 2 aromatic heterocycles. The highest BCUT2D eigenvalue weighted by atomic mass is 32.2. The molecule has 0 atom stereocenters. The molecular formula is C19H19N5O4S. The number of ether oxygens (including phenoxy) is 1. The number of rotatable bonds is 8. The number of anilines is 1. The van der Waals surface area contributed by atoms with Gasteiger partial charge in [-0.25, -0.2) is 5.43 Å². The van der Waals surface area contributed by atoms with Crippen molar-refractivity contribution in [1.29, 1.82) is 0 Å². The molecule has 0 saturated heterocycles. The minimum absolute atomic E-state index is 0.367. The first-order valence-electron chi connectivity index (χ1n) is 8.50. The van der Waals surface area contributed by atoms with Crippen molar-refractivity contribution in [3.8, 4) is 11.5 Å². The number of thioether (sulfide) groups is 1. The molecule has 150 valence electrons. The number of methoxy groups -OCH3 is 1. The highest BCUT2D eigenvalue weighted by Gasteiger charge is 2.10. The lowest BCUT2D eigenvalue weighted by Gasteiger charge is -2.03. The van der Waals surface area contributed by atoms with Gasteiger partial charge in [0.25, 0.3) is 0 Å². The highest BCUT2D eigenvalue weighted by molar-refractivity contribution is 7.98. The van der Waals surface area contributed by atoms with Crippen LogP contribution in [0.5, 0.6) is 11.5 Å². The van der Waals surface area contributed by atoms with E-state index in [1.807, 2.05) is 30.3 Å². The Labute approximate surface area is 170 Å². The first kappa shape index (κ1) is 20.2. The molecule has 0 unspecified atom stereocenters. The van der Waals surface area contributed by atoms with Gasteiger partial charge in [-0.15, -0.1) is 10.2 Å². The zero-order valence-electron chi connectivity index (χ0n) is 15.8. The summed E-state index contributed by atoms with van der Waals surface area (Å²) in [4.78, 5) is 11.4. The fourth-order valence-electron chi connectivity index (χ4n) is 2.28. The number of benzene rings is 1. The summed E-state index contributed by atoms with van der Waals surface area (Å²) in [7, 11) is 3.42. The van der Waals surface area contributed by atoms with E-state index in [1.54, 1.807) is 31.0 Å². The maximum atomic E-state index is 11.4. The second-order valence-electron chi connectivity index (χ2n) is 5.74. The molecule has 2 N–H and O–H groups in total. The van der Waals surface area contributed by atoms with E-state index >= 15 is 0 Å². The molecule has 0 aliphatic heterocycles. The number of hydrogen-bond acceptors (Lipinski definition) is 9. The Balaban J connectivity index is 1.56. The van der Waals surface area contributed by atoms with Crippen LogP contribution >= 0.6 is 11.8 Å². The first-order chi connectivity index (χ1) is 14.1. The maximum Gasteiger partial charge on any atom is 0.245 e. The molecule has 3 aromatic rings. The van der Waals surface area contributed by atoms with Gasteiger partial charge in [0.05, 0.1) is 12.9 Å². The average molecular weight is 413 g/mol. The van der Waals surface area contributed by atoms with Crippen LogP contribution in [0.2, 0.25) is 0 Å². The maximum absolute atomic E-state index is 11.4. The average Bonchev–Trinajstić information content (AvgIpc) is 3.08. The Morgan fingerprint density at radius 2 is 2.21 bits per heavy atom. The van der Waals surface area contributed by atoms with Gasteiger partial charge in [0, 0.05) is 24.9 Å². The Kier molecular flexibility index (Phi) is 6.69. The molecule has 0 aliphatic rings. The molecule has 0 fully saturated rings. The second kappa shape index (κ2) is 9.60. The molecule has 29 heavy (non-hydrogen) atoms. The summed E-state index contributed by atoms with van der Waals surface area (Å²) in [6.45, 7) is 0. The van der Waals surface area contributed by atoms with Crippen LogP contribution in [0.4, 0.5) is 5.95 Å². The van der Waals surface area contributed by atoms with Crippen molar-refractivity contribution >= 4 is 30.0 Å². The molecule has 0 bridgehead atoms. The molecule has 1 aromatic carbocycles. The van der Waals surface area contributed by atoms with Gasteiger partial charge in [0.15, 0.2) is 10.9 Å². The third kappa shape index (κ3) is 5.26. The van der Waals surface area contributed by atoms with Crippen molar-refractivity contribution < 1.29 is 14.3 Å². The zero-order valence-corrected chi connectivity index (χ0v) is 16.6. The van der Waals surface area contributed by atoms with Crippen molar-refractivity contribution in [2.24, 2.45) is 12.1 Å². The molecule has 0 amide bonds. The quantitative estimate of drug-likeness (QED) is 0.329. The van der Waals surface area contributed by atoms with E-state index in [9.17, 15) is 9.90 Å². The lowest BCUT2D eigenvalue weighted by Crippen LogP contribution is -2.01. The lowest BCUT2D eigenvalue weighted by atomic mass is 10.2. The summed E-state index contributed by atoms with van der Waals surface area (Å²) in [5.74, 6) is 1.62. The van der Waals surface area contributed by atoms with Crippen LogP contribution in [0.15, 0.2) is 62.1 Å². The monoisotopic (exact) mass is 413 g/mol. The summed E-state index contributed by atoms with van der Waals surface area (Å²) in [5.41, 5.74) is 3.28. The molecular weight excluding hydrogens is 394 g/mol. The van der Waals surface area contributed by atoms with E-state index in [4.69, 9.17) is 9.15 Å². The van der Waals surface area contributed by atoms with Gasteiger partial charge >= 0.3 is 0 Å². The van der Waals surface area contributed by atoms with Crippen LogP contribution in [0.25, 0.3) is 6.08 Å². The molecule has 3 rings (SSSR count). The highest BCUT2D eigenvalue weighted by Crippen LogP contribution is 2.22. The van der Waals surface area contributed by atoms with Crippen LogP contribution in [0.3, 0.4) is 0 Å². The third-order valence-electron chi connectivity index (χ3n) is 3.78.